The molecule has 0 spiro atoms. The average molecular weight is 321 g/mol. The Kier molecular flexibility index (Phi) is 7.87. The van der Waals surface area contributed by atoms with Gasteiger partial charge in [0, 0.05) is 19.6 Å². The minimum Gasteiger partial charge on any atom is -0.368 e. The number of amides is 2. The SMILES string of the molecule is C=CCn1c(C(N)=O)nc(NCCCC)c1C(=O)NCCCC. The molecule has 0 unspecified atom stereocenters. The van der Waals surface area contributed by atoms with E-state index >= 15 is 0 Å². The second-order valence-corrected chi connectivity index (χ2v) is 5.29. The quantitative estimate of drug-likeness (QED) is 0.428. The standard InChI is InChI=1S/C16H27N5O2/c1-4-7-9-18-14-12(16(23)19-10-8-5-2)21(11-6-3)15(20-14)13(17)22/h6,18H,3-5,7-11H2,1-2H3,(H2,17,22)(H,19,23). The lowest BCUT2D eigenvalue weighted by Crippen LogP contribution is -2.29. The van der Waals surface area contributed by atoms with Gasteiger partial charge >= 0.3 is 0 Å². The molecule has 1 rings (SSSR count). The molecule has 1 aromatic heterocycles. The third-order valence-corrected chi connectivity index (χ3v) is 3.35. The van der Waals surface area contributed by atoms with Gasteiger partial charge in [0.2, 0.25) is 5.82 Å². The number of allylic oxidation sites excluding steroid dienone is 1. The summed E-state index contributed by atoms with van der Waals surface area (Å²) in [4.78, 5) is 28.3. The number of rotatable bonds is 11. The Balaban J connectivity index is 3.15. The van der Waals surface area contributed by atoms with Crippen LogP contribution in [0.2, 0.25) is 0 Å². The Morgan fingerprint density at radius 2 is 1.91 bits per heavy atom. The van der Waals surface area contributed by atoms with Gasteiger partial charge in [0.1, 0.15) is 0 Å². The molecule has 128 valence electrons. The molecule has 0 atom stereocenters. The van der Waals surface area contributed by atoms with Crippen molar-refractivity contribution < 1.29 is 9.59 Å². The fourth-order valence-corrected chi connectivity index (χ4v) is 2.15. The summed E-state index contributed by atoms with van der Waals surface area (Å²) in [5.41, 5.74) is 5.71. The number of aromatic nitrogens is 2. The molecule has 1 aromatic rings. The number of hydrogen-bond acceptors (Lipinski definition) is 4. The third kappa shape index (κ3) is 5.12. The molecule has 0 aliphatic rings. The molecule has 0 aromatic carbocycles. The van der Waals surface area contributed by atoms with E-state index in [0.717, 1.165) is 25.7 Å². The van der Waals surface area contributed by atoms with Gasteiger partial charge in [-0.25, -0.2) is 4.98 Å². The van der Waals surface area contributed by atoms with Gasteiger partial charge in [-0.1, -0.05) is 32.8 Å². The number of hydrogen-bond donors (Lipinski definition) is 3. The molecule has 0 fully saturated rings. The molecule has 23 heavy (non-hydrogen) atoms. The molecule has 2 amide bonds. The minimum atomic E-state index is -0.669. The van der Waals surface area contributed by atoms with Crippen LogP contribution in [0.1, 0.15) is 60.6 Å². The van der Waals surface area contributed by atoms with Crippen molar-refractivity contribution in [3.05, 3.63) is 24.2 Å². The van der Waals surface area contributed by atoms with Crippen LogP contribution in [-0.2, 0) is 6.54 Å². The number of primary amides is 1. The van der Waals surface area contributed by atoms with Crippen LogP contribution in [0.5, 0.6) is 0 Å². The van der Waals surface area contributed by atoms with Crippen molar-refractivity contribution >= 4 is 17.6 Å². The number of nitrogens with one attached hydrogen (secondary N) is 2. The number of carbonyl (C=O) groups is 2. The first-order valence-electron chi connectivity index (χ1n) is 8.10. The maximum absolute atomic E-state index is 12.5. The Labute approximate surface area is 137 Å². The van der Waals surface area contributed by atoms with Gasteiger partial charge in [0.15, 0.2) is 11.5 Å². The van der Waals surface area contributed by atoms with Gasteiger partial charge in [-0.05, 0) is 12.8 Å². The molecule has 7 nitrogen and oxygen atoms in total. The third-order valence-electron chi connectivity index (χ3n) is 3.35. The molecular weight excluding hydrogens is 294 g/mol. The van der Waals surface area contributed by atoms with Crippen LogP contribution < -0.4 is 16.4 Å². The number of nitrogens with zero attached hydrogens (tertiary/aromatic N) is 2. The van der Waals surface area contributed by atoms with Crippen molar-refractivity contribution in [2.45, 2.75) is 46.1 Å². The number of anilines is 1. The Bertz CT molecular complexity index is 551. The first kappa shape index (κ1) is 18.7. The highest BCUT2D eigenvalue weighted by Gasteiger charge is 2.24. The summed E-state index contributed by atoms with van der Waals surface area (Å²) in [6.45, 7) is 9.33. The van der Waals surface area contributed by atoms with E-state index < -0.39 is 5.91 Å². The fraction of sp³-hybridized carbons (Fsp3) is 0.562. The molecule has 4 N–H and O–H groups in total. The molecule has 0 aliphatic heterocycles. The Morgan fingerprint density at radius 3 is 2.48 bits per heavy atom. The maximum atomic E-state index is 12.5. The van der Waals surface area contributed by atoms with Gasteiger partial charge in [-0.2, -0.15) is 0 Å². The van der Waals surface area contributed by atoms with Crippen molar-refractivity contribution in [3.8, 4) is 0 Å². The summed E-state index contributed by atoms with van der Waals surface area (Å²) in [6, 6.07) is 0. The van der Waals surface area contributed by atoms with E-state index in [1.807, 2.05) is 0 Å². The molecule has 0 bridgehead atoms. The maximum Gasteiger partial charge on any atom is 0.284 e. The summed E-state index contributed by atoms with van der Waals surface area (Å²) in [7, 11) is 0. The molecule has 0 saturated heterocycles. The summed E-state index contributed by atoms with van der Waals surface area (Å²) in [5.74, 6) is -0.482. The van der Waals surface area contributed by atoms with Crippen LogP contribution in [0.4, 0.5) is 5.82 Å². The lowest BCUT2D eigenvalue weighted by molar-refractivity contribution is 0.0944. The van der Waals surface area contributed by atoms with Crippen molar-refractivity contribution in [1.82, 2.24) is 14.9 Å². The van der Waals surface area contributed by atoms with Crippen molar-refractivity contribution in [2.24, 2.45) is 5.73 Å². The zero-order valence-electron chi connectivity index (χ0n) is 14.0. The second-order valence-electron chi connectivity index (χ2n) is 5.29. The van der Waals surface area contributed by atoms with E-state index in [9.17, 15) is 9.59 Å². The van der Waals surface area contributed by atoms with Gasteiger partial charge < -0.3 is 20.9 Å². The van der Waals surface area contributed by atoms with Crippen molar-refractivity contribution in [3.63, 3.8) is 0 Å². The van der Waals surface area contributed by atoms with Crippen LogP contribution in [0.15, 0.2) is 12.7 Å². The molecular formula is C16H27N5O2. The number of carbonyl (C=O) groups excluding carboxylic acids is 2. The van der Waals surface area contributed by atoms with Crippen LogP contribution in [0, 0.1) is 0 Å². The molecule has 0 saturated carbocycles. The normalized spacial score (nSPS) is 10.3. The van der Waals surface area contributed by atoms with Crippen LogP contribution in [-0.4, -0.2) is 34.5 Å². The minimum absolute atomic E-state index is 0.0598. The highest BCUT2D eigenvalue weighted by Crippen LogP contribution is 2.18. The van der Waals surface area contributed by atoms with Crippen LogP contribution in [0.3, 0.4) is 0 Å². The van der Waals surface area contributed by atoms with Gasteiger partial charge in [0.05, 0.1) is 0 Å². The van der Waals surface area contributed by atoms with Crippen molar-refractivity contribution in [2.75, 3.05) is 18.4 Å². The summed E-state index contributed by atoms with van der Waals surface area (Å²) < 4.78 is 1.50. The molecule has 0 aliphatic carbocycles. The Hall–Kier alpha value is -2.31. The van der Waals surface area contributed by atoms with E-state index in [1.165, 1.54) is 4.57 Å². The van der Waals surface area contributed by atoms with Crippen molar-refractivity contribution in [1.29, 1.82) is 0 Å². The molecule has 7 heteroatoms. The smallest absolute Gasteiger partial charge is 0.284 e. The topological polar surface area (TPSA) is 102 Å². The largest absolute Gasteiger partial charge is 0.368 e. The zero-order chi connectivity index (χ0) is 17.2. The Morgan fingerprint density at radius 1 is 1.26 bits per heavy atom. The summed E-state index contributed by atoms with van der Waals surface area (Å²) in [6.07, 6.45) is 5.44. The monoisotopic (exact) mass is 321 g/mol. The van der Waals surface area contributed by atoms with E-state index in [4.69, 9.17) is 5.73 Å². The predicted molar refractivity (Wildman–Crippen MR) is 91.6 cm³/mol. The highest BCUT2D eigenvalue weighted by molar-refractivity contribution is 6.00. The van der Waals surface area contributed by atoms with Crippen LogP contribution >= 0.6 is 0 Å². The van der Waals surface area contributed by atoms with Gasteiger partial charge in [-0.3, -0.25) is 9.59 Å². The van der Waals surface area contributed by atoms with Crippen LogP contribution in [0.25, 0.3) is 0 Å². The lowest BCUT2D eigenvalue weighted by Gasteiger charge is -2.11. The first-order chi connectivity index (χ1) is 11.1. The highest BCUT2D eigenvalue weighted by atomic mass is 16.2. The summed E-state index contributed by atoms with van der Waals surface area (Å²) >= 11 is 0. The number of nitrogens with two attached hydrogens (primary N) is 1. The van der Waals surface area contributed by atoms with Gasteiger partial charge in [-0.15, -0.1) is 6.58 Å². The predicted octanol–water partition coefficient (Wildman–Crippen LogP) is 1.91. The lowest BCUT2D eigenvalue weighted by atomic mass is 10.3. The first-order valence-corrected chi connectivity index (χ1v) is 8.10. The molecule has 1 heterocycles. The average Bonchev–Trinajstić information content (AvgIpc) is 2.87. The van der Waals surface area contributed by atoms with Gasteiger partial charge in [0.25, 0.3) is 11.8 Å². The van der Waals surface area contributed by atoms with E-state index in [2.05, 4.69) is 36.0 Å². The number of unbranched alkanes of at least 4 members (excludes halogenated alkanes) is 2. The summed E-state index contributed by atoms with van der Waals surface area (Å²) in [5, 5.41) is 5.98. The van der Waals surface area contributed by atoms with E-state index in [1.54, 1.807) is 6.08 Å². The fourth-order valence-electron chi connectivity index (χ4n) is 2.15. The number of imidazole rings is 1. The zero-order valence-corrected chi connectivity index (χ0v) is 14.0. The van der Waals surface area contributed by atoms with E-state index in [0.29, 0.717) is 24.6 Å². The second kappa shape index (κ2) is 9.66. The van der Waals surface area contributed by atoms with E-state index in [-0.39, 0.29) is 18.3 Å². The molecule has 0 radical (unpaired) electrons.